The highest BCUT2D eigenvalue weighted by Gasteiger charge is 2.24. The van der Waals surface area contributed by atoms with Crippen LogP contribution in [-0.4, -0.2) is 49.4 Å². The van der Waals surface area contributed by atoms with Gasteiger partial charge < -0.3 is 15.5 Å². The van der Waals surface area contributed by atoms with Crippen molar-refractivity contribution in [3.05, 3.63) is 0 Å². The molecule has 0 atom stereocenters. The minimum absolute atomic E-state index is 0.0194. The predicted octanol–water partition coefficient (Wildman–Crippen LogP) is -0.665. The molecule has 2 N–H and O–H groups in total. The first kappa shape index (κ1) is 11.4. The molecule has 0 unspecified atom stereocenters. The lowest BCUT2D eigenvalue weighted by atomic mass is 10.3. The van der Waals surface area contributed by atoms with E-state index in [1.54, 1.807) is 4.90 Å². The van der Waals surface area contributed by atoms with Crippen LogP contribution in [0.25, 0.3) is 0 Å². The van der Waals surface area contributed by atoms with Crippen LogP contribution in [0.4, 0.5) is 0 Å². The number of nitrogens with one attached hydrogen (secondary N) is 2. The molecular formula is C11H19N3O2. The normalized spacial score (nSPS) is 20.6. The average Bonchev–Trinajstić information content (AvgIpc) is 3.11. The molecule has 0 radical (unpaired) electrons. The van der Waals surface area contributed by atoms with Gasteiger partial charge in [-0.25, -0.2) is 0 Å². The highest BCUT2D eigenvalue weighted by atomic mass is 16.2. The van der Waals surface area contributed by atoms with Crippen LogP contribution >= 0.6 is 0 Å². The molecular weight excluding hydrogens is 206 g/mol. The lowest BCUT2D eigenvalue weighted by molar-refractivity contribution is -0.133. The standard InChI is InChI=1S/C11H19N3O2/c15-10(7-9-1-2-9)13-8-11(16)14-5-3-12-4-6-14/h9,12H,1-8H2,(H,13,15). The Balaban J connectivity index is 1.63. The van der Waals surface area contributed by atoms with E-state index in [-0.39, 0.29) is 18.4 Å². The molecule has 1 saturated carbocycles. The summed E-state index contributed by atoms with van der Waals surface area (Å²) in [6, 6.07) is 0. The topological polar surface area (TPSA) is 61.4 Å². The number of nitrogens with zero attached hydrogens (tertiary/aromatic N) is 1. The molecule has 1 heterocycles. The Labute approximate surface area is 95.6 Å². The molecule has 5 nitrogen and oxygen atoms in total. The molecule has 0 bridgehead atoms. The number of carbonyl (C=O) groups excluding carboxylic acids is 2. The van der Waals surface area contributed by atoms with Crippen molar-refractivity contribution in [3.8, 4) is 0 Å². The van der Waals surface area contributed by atoms with Gasteiger partial charge in [-0.15, -0.1) is 0 Å². The molecule has 0 aromatic carbocycles. The number of piperazine rings is 1. The lowest BCUT2D eigenvalue weighted by Crippen LogP contribution is -2.49. The van der Waals surface area contributed by atoms with Crippen molar-refractivity contribution in [2.75, 3.05) is 32.7 Å². The zero-order valence-electron chi connectivity index (χ0n) is 9.50. The number of hydrogen-bond acceptors (Lipinski definition) is 3. The van der Waals surface area contributed by atoms with Gasteiger partial charge in [0.2, 0.25) is 11.8 Å². The zero-order valence-corrected chi connectivity index (χ0v) is 9.50. The Morgan fingerprint density at radius 1 is 1.25 bits per heavy atom. The fraction of sp³-hybridized carbons (Fsp3) is 0.818. The van der Waals surface area contributed by atoms with Gasteiger partial charge in [0, 0.05) is 32.6 Å². The number of hydrogen-bond donors (Lipinski definition) is 2. The van der Waals surface area contributed by atoms with Crippen molar-refractivity contribution in [1.29, 1.82) is 0 Å². The van der Waals surface area contributed by atoms with Crippen LogP contribution in [0.15, 0.2) is 0 Å². The fourth-order valence-corrected chi connectivity index (χ4v) is 1.86. The third-order valence-electron chi connectivity index (χ3n) is 3.08. The second kappa shape index (κ2) is 5.30. The molecule has 1 saturated heterocycles. The number of carbonyl (C=O) groups is 2. The molecule has 2 aliphatic rings. The van der Waals surface area contributed by atoms with Gasteiger partial charge in [-0.1, -0.05) is 0 Å². The molecule has 1 aliphatic heterocycles. The molecule has 0 aromatic heterocycles. The van der Waals surface area contributed by atoms with E-state index in [9.17, 15) is 9.59 Å². The molecule has 0 spiro atoms. The van der Waals surface area contributed by atoms with Crippen LogP contribution in [0.2, 0.25) is 0 Å². The van der Waals surface area contributed by atoms with Crippen molar-refractivity contribution in [3.63, 3.8) is 0 Å². The van der Waals surface area contributed by atoms with Crippen molar-refractivity contribution in [2.45, 2.75) is 19.3 Å². The van der Waals surface area contributed by atoms with Crippen molar-refractivity contribution in [1.82, 2.24) is 15.5 Å². The van der Waals surface area contributed by atoms with E-state index in [4.69, 9.17) is 0 Å². The van der Waals surface area contributed by atoms with Crippen molar-refractivity contribution >= 4 is 11.8 Å². The maximum atomic E-state index is 11.7. The summed E-state index contributed by atoms with van der Waals surface area (Å²) in [6.07, 6.45) is 2.92. The summed E-state index contributed by atoms with van der Waals surface area (Å²) in [5.41, 5.74) is 0. The van der Waals surface area contributed by atoms with Crippen LogP contribution < -0.4 is 10.6 Å². The van der Waals surface area contributed by atoms with Crippen LogP contribution in [-0.2, 0) is 9.59 Å². The quantitative estimate of drug-likeness (QED) is 0.667. The van der Waals surface area contributed by atoms with Gasteiger partial charge in [0.25, 0.3) is 0 Å². The van der Waals surface area contributed by atoms with Gasteiger partial charge in [-0.2, -0.15) is 0 Å². The van der Waals surface area contributed by atoms with Crippen LogP contribution in [0.1, 0.15) is 19.3 Å². The van der Waals surface area contributed by atoms with E-state index in [1.165, 1.54) is 12.8 Å². The SMILES string of the molecule is O=C(CC1CC1)NCC(=O)N1CCNCC1. The third-order valence-corrected chi connectivity index (χ3v) is 3.08. The van der Waals surface area contributed by atoms with Crippen LogP contribution in [0, 0.1) is 5.92 Å². The summed E-state index contributed by atoms with van der Waals surface area (Å²) >= 11 is 0. The van der Waals surface area contributed by atoms with E-state index in [1.807, 2.05) is 0 Å². The third kappa shape index (κ3) is 3.48. The molecule has 1 aliphatic carbocycles. The van der Waals surface area contributed by atoms with E-state index in [0.717, 1.165) is 26.2 Å². The van der Waals surface area contributed by atoms with Gasteiger partial charge in [0.05, 0.1) is 6.54 Å². The molecule has 5 heteroatoms. The fourth-order valence-electron chi connectivity index (χ4n) is 1.86. The van der Waals surface area contributed by atoms with Crippen LogP contribution in [0.3, 0.4) is 0 Å². The first-order valence-electron chi connectivity index (χ1n) is 6.01. The molecule has 16 heavy (non-hydrogen) atoms. The Bertz CT molecular complexity index is 270. The monoisotopic (exact) mass is 225 g/mol. The van der Waals surface area contributed by atoms with Gasteiger partial charge in [0.1, 0.15) is 0 Å². The Kier molecular flexibility index (Phi) is 3.77. The number of rotatable bonds is 4. The summed E-state index contributed by atoms with van der Waals surface area (Å²) in [5.74, 6) is 0.630. The first-order chi connectivity index (χ1) is 7.75. The summed E-state index contributed by atoms with van der Waals surface area (Å²) in [4.78, 5) is 24.9. The molecule has 2 fully saturated rings. The van der Waals surface area contributed by atoms with Crippen molar-refractivity contribution < 1.29 is 9.59 Å². The van der Waals surface area contributed by atoms with E-state index >= 15 is 0 Å². The summed E-state index contributed by atoms with van der Waals surface area (Å²) < 4.78 is 0. The minimum Gasteiger partial charge on any atom is -0.347 e. The Morgan fingerprint density at radius 3 is 2.56 bits per heavy atom. The van der Waals surface area contributed by atoms with E-state index in [2.05, 4.69) is 10.6 Å². The summed E-state index contributed by atoms with van der Waals surface area (Å²) in [6.45, 7) is 3.35. The van der Waals surface area contributed by atoms with Gasteiger partial charge in [-0.05, 0) is 18.8 Å². The Hall–Kier alpha value is -1.10. The highest BCUT2D eigenvalue weighted by Crippen LogP contribution is 2.31. The second-order valence-electron chi connectivity index (χ2n) is 4.56. The molecule has 2 amide bonds. The molecule has 0 aromatic rings. The van der Waals surface area contributed by atoms with E-state index < -0.39 is 0 Å². The van der Waals surface area contributed by atoms with Gasteiger partial charge in [-0.3, -0.25) is 9.59 Å². The molecule has 2 rings (SSSR count). The van der Waals surface area contributed by atoms with E-state index in [0.29, 0.717) is 12.3 Å². The predicted molar refractivity (Wildman–Crippen MR) is 59.8 cm³/mol. The first-order valence-corrected chi connectivity index (χ1v) is 6.01. The second-order valence-corrected chi connectivity index (χ2v) is 4.56. The maximum absolute atomic E-state index is 11.7. The maximum Gasteiger partial charge on any atom is 0.242 e. The smallest absolute Gasteiger partial charge is 0.242 e. The van der Waals surface area contributed by atoms with Crippen molar-refractivity contribution in [2.24, 2.45) is 5.92 Å². The minimum atomic E-state index is 0.0194. The van der Waals surface area contributed by atoms with Crippen LogP contribution in [0.5, 0.6) is 0 Å². The van der Waals surface area contributed by atoms with Gasteiger partial charge in [0.15, 0.2) is 0 Å². The Morgan fingerprint density at radius 2 is 1.94 bits per heavy atom. The summed E-state index contributed by atoms with van der Waals surface area (Å²) in [5, 5.41) is 5.89. The van der Waals surface area contributed by atoms with Gasteiger partial charge >= 0.3 is 0 Å². The number of amides is 2. The summed E-state index contributed by atoms with van der Waals surface area (Å²) in [7, 11) is 0. The highest BCUT2D eigenvalue weighted by molar-refractivity contribution is 5.85. The lowest BCUT2D eigenvalue weighted by Gasteiger charge is -2.27. The average molecular weight is 225 g/mol. The molecule has 90 valence electrons. The largest absolute Gasteiger partial charge is 0.347 e. The zero-order chi connectivity index (χ0) is 11.4.